The molecule has 0 aliphatic carbocycles. The van der Waals surface area contributed by atoms with Crippen LogP contribution < -0.4 is 0 Å². The van der Waals surface area contributed by atoms with Gasteiger partial charge in [-0.2, -0.15) is 17.6 Å². The van der Waals surface area contributed by atoms with Gasteiger partial charge in [-0.05, 0) is 0 Å². The van der Waals surface area contributed by atoms with Crippen molar-refractivity contribution < 1.29 is 26.7 Å². The number of nitrogens with zero attached hydrogens (tertiary/aromatic N) is 1. The molecule has 0 fully saturated rings. The zero-order valence-corrected chi connectivity index (χ0v) is 4.95. The molecule has 0 aromatic carbocycles. The summed E-state index contributed by atoms with van der Waals surface area (Å²) in [5.41, 5.74) is 0. The number of hydrogen-bond donors (Lipinski definition) is 0. The maximum absolute atomic E-state index is 11.8. The SMILES string of the molecule is O=C=NC(F)(F)C(F)(F)CF. The minimum absolute atomic E-state index is 0.227. The van der Waals surface area contributed by atoms with Gasteiger partial charge in [0.15, 0.2) is 6.67 Å². The Morgan fingerprint density at radius 2 is 1.73 bits per heavy atom. The highest BCUT2D eigenvalue weighted by Gasteiger charge is 2.57. The van der Waals surface area contributed by atoms with Crippen molar-refractivity contribution in [2.24, 2.45) is 4.99 Å². The molecule has 0 N–H and O–H groups in total. The van der Waals surface area contributed by atoms with E-state index in [1.165, 1.54) is 4.99 Å². The van der Waals surface area contributed by atoms with Crippen LogP contribution in [0.2, 0.25) is 0 Å². The fraction of sp³-hybridized carbons (Fsp3) is 0.750. The number of halogens is 5. The summed E-state index contributed by atoms with van der Waals surface area (Å²) >= 11 is 0. The lowest BCUT2D eigenvalue weighted by atomic mass is 10.3. The molecule has 0 amide bonds. The Balaban J connectivity index is 4.65. The normalized spacial score (nSPS) is 12.5. The molecule has 0 rings (SSSR count). The Kier molecular flexibility index (Phi) is 2.70. The van der Waals surface area contributed by atoms with E-state index in [0.29, 0.717) is 0 Å². The highest BCUT2D eigenvalue weighted by molar-refractivity contribution is 5.34. The minimum Gasteiger partial charge on any atom is -0.244 e. The lowest BCUT2D eigenvalue weighted by Gasteiger charge is -2.17. The summed E-state index contributed by atoms with van der Waals surface area (Å²) in [6.07, 6.45) is 0.227. The van der Waals surface area contributed by atoms with E-state index < -0.39 is 18.6 Å². The van der Waals surface area contributed by atoms with Crippen molar-refractivity contribution in [3.8, 4) is 0 Å². The Labute approximate surface area is 57.7 Å². The van der Waals surface area contributed by atoms with Crippen molar-refractivity contribution in [1.29, 1.82) is 0 Å². The van der Waals surface area contributed by atoms with Crippen molar-refractivity contribution in [3.63, 3.8) is 0 Å². The second kappa shape index (κ2) is 2.96. The molecule has 0 aromatic rings. The van der Waals surface area contributed by atoms with Crippen LogP contribution in [-0.2, 0) is 4.79 Å². The molecule has 0 atom stereocenters. The smallest absolute Gasteiger partial charge is 0.244 e. The quantitative estimate of drug-likeness (QED) is 0.276. The summed E-state index contributed by atoms with van der Waals surface area (Å²) in [4.78, 5) is 10.6. The zero-order valence-electron chi connectivity index (χ0n) is 4.95. The van der Waals surface area contributed by atoms with Crippen molar-refractivity contribution in [2.45, 2.75) is 12.0 Å². The predicted molar refractivity (Wildman–Crippen MR) is 24.0 cm³/mol. The summed E-state index contributed by atoms with van der Waals surface area (Å²) in [6.45, 7) is -2.58. The first kappa shape index (κ1) is 10.0. The number of alkyl halides is 5. The molecule has 0 spiro atoms. The third kappa shape index (κ3) is 1.98. The summed E-state index contributed by atoms with van der Waals surface area (Å²) in [5.74, 6) is -4.94. The lowest BCUT2D eigenvalue weighted by molar-refractivity contribution is -0.209. The van der Waals surface area contributed by atoms with Crippen molar-refractivity contribution in [1.82, 2.24) is 0 Å². The number of hydrogen-bond acceptors (Lipinski definition) is 2. The maximum atomic E-state index is 11.8. The summed E-state index contributed by atoms with van der Waals surface area (Å²) in [6, 6.07) is -5.01. The summed E-state index contributed by atoms with van der Waals surface area (Å²) in [5, 5.41) is 0. The fourth-order valence-electron chi connectivity index (χ4n) is 0.219. The van der Waals surface area contributed by atoms with Crippen molar-refractivity contribution in [3.05, 3.63) is 0 Å². The Hall–Kier alpha value is -0.970. The van der Waals surface area contributed by atoms with E-state index in [4.69, 9.17) is 4.79 Å². The second-order valence-electron chi connectivity index (χ2n) is 1.58. The fourth-order valence-corrected chi connectivity index (χ4v) is 0.219. The molecule has 64 valence electrons. The van der Waals surface area contributed by atoms with Gasteiger partial charge in [0.2, 0.25) is 6.08 Å². The molecule has 0 aliphatic heterocycles. The highest BCUT2D eigenvalue weighted by atomic mass is 19.3. The van der Waals surface area contributed by atoms with Gasteiger partial charge in [-0.25, -0.2) is 9.18 Å². The van der Waals surface area contributed by atoms with Gasteiger partial charge in [0.05, 0.1) is 0 Å². The van der Waals surface area contributed by atoms with Crippen LogP contribution in [0.5, 0.6) is 0 Å². The van der Waals surface area contributed by atoms with Crippen LogP contribution in [0.3, 0.4) is 0 Å². The van der Waals surface area contributed by atoms with E-state index in [1.54, 1.807) is 0 Å². The first-order chi connectivity index (χ1) is 4.87. The Morgan fingerprint density at radius 3 is 2.00 bits per heavy atom. The third-order valence-corrected chi connectivity index (χ3v) is 0.794. The van der Waals surface area contributed by atoms with Gasteiger partial charge in [-0.15, -0.1) is 4.99 Å². The average Bonchev–Trinajstić information content (AvgIpc) is 1.87. The first-order valence-corrected chi connectivity index (χ1v) is 2.28. The lowest BCUT2D eigenvalue weighted by Crippen LogP contribution is -2.40. The average molecular weight is 175 g/mol. The second-order valence-corrected chi connectivity index (χ2v) is 1.58. The summed E-state index contributed by atoms with van der Waals surface area (Å²) in [7, 11) is 0. The highest BCUT2D eigenvalue weighted by Crippen LogP contribution is 2.35. The van der Waals surface area contributed by atoms with Gasteiger partial charge in [0.25, 0.3) is 0 Å². The van der Waals surface area contributed by atoms with Gasteiger partial charge in [-0.3, -0.25) is 0 Å². The van der Waals surface area contributed by atoms with Crippen LogP contribution in [0.1, 0.15) is 0 Å². The zero-order chi connectivity index (χ0) is 9.12. The standard InChI is InChI=1S/C4H2F5NO/c5-1-3(6,7)4(8,9)10-2-11/h1H2. The minimum atomic E-state index is -5.01. The molecular formula is C4H2F5NO. The van der Waals surface area contributed by atoms with Crippen LogP contribution in [0.25, 0.3) is 0 Å². The molecule has 11 heavy (non-hydrogen) atoms. The maximum Gasteiger partial charge on any atom is 0.417 e. The van der Waals surface area contributed by atoms with Crippen LogP contribution in [-0.4, -0.2) is 24.7 Å². The summed E-state index contributed by atoms with van der Waals surface area (Å²) < 4.78 is 58.2. The van der Waals surface area contributed by atoms with Gasteiger partial charge in [0.1, 0.15) is 0 Å². The number of rotatable bonds is 3. The third-order valence-electron chi connectivity index (χ3n) is 0.794. The van der Waals surface area contributed by atoms with E-state index in [-0.39, 0.29) is 6.08 Å². The van der Waals surface area contributed by atoms with Gasteiger partial charge in [0, 0.05) is 0 Å². The van der Waals surface area contributed by atoms with E-state index in [0.717, 1.165) is 0 Å². The van der Waals surface area contributed by atoms with Gasteiger partial charge in [-0.1, -0.05) is 0 Å². The molecule has 0 unspecified atom stereocenters. The van der Waals surface area contributed by atoms with E-state index in [2.05, 4.69) is 0 Å². The molecule has 7 heteroatoms. The molecule has 0 aromatic heterocycles. The largest absolute Gasteiger partial charge is 0.417 e. The van der Waals surface area contributed by atoms with E-state index >= 15 is 0 Å². The molecule has 0 heterocycles. The predicted octanol–water partition coefficient (Wildman–Crippen LogP) is 1.52. The molecule has 0 radical (unpaired) electrons. The molecule has 0 bridgehead atoms. The molecule has 2 nitrogen and oxygen atoms in total. The van der Waals surface area contributed by atoms with Crippen LogP contribution in [0.4, 0.5) is 22.0 Å². The number of aliphatic imine (C=N–C) groups is 1. The van der Waals surface area contributed by atoms with E-state index in [9.17, 15) is 22.0 Å². The molecule has 0 saturated carbocycles. The van der Waals surface area contributed by atoms with Crippen LogP contribution >= 0.6 is 0 Å². The molecular weight excluding hydrogens is 173 g/mol. The molecule has 0 aliphatic rings. The monoisotopic (exact) mass is 175 g/mol. The van der Waals surface area contributed by atoms with Crippen molar-refractivity contribution in [2.75, 3.05) is 6.67 Å². The Bertz CT molecular complexity index is 185. The van der Waals surface area contributed by atoms with Crippen LogP contribution in [0, 0.1) is 0 Å². The molecule has 0 saturated heterocycles. The van der Waals surface area contributed by atoms with Crippen molar-refractivity contribution >= 4 is 6.08 Å². The van der Waals surface area contributed by atoms with Gasteiger partial charge < -0.3 is 0 Å². The number of isocyanates is 1. The van der Waals surface area contributed by atoms with E-state index in [1.807, 2.05) is 0 Å². The first-order valence-electron chi connectivity index (χ1n) is 2.28. The Morgan fingerprint density at radius 1 is 1.27 bits per heavy atom. The van der Waals surface area contributed by atoms with Crippen LogP contribution in [0.15, 0.2) is 4.99 Å². The number of carbonyl (C=O) groups excluding carboxylic acids is 1. The topological polar surface area (TPSA) is 29.4 Å². The van der Waals surface area contributed by atoms with Gasteiger partial charge >= 0.3 is 12.0 Å².